The van der Waals surface area contributed by atoms with Gasteiger partial charge in [0.05, 0.1) is 11.7 Å². The maximum Gasteiger partial charge on any atom is 0.410 e. The number of aryl methyl sites for hydroxylation is 1. The lowest BCUT2D eigenvalue weighted by molar-refractivity contribution is 0.0158. The number of hydrogen-bond acceptors (Lipinski definition) is 4. The molecule has 0 bridgehead atoms. The van der Waals surface area contributed by atoms with Crippen LogP contribution in [0.4, 0.5) is 10.6 Å². The van der Waals surface area contributed by atoms with Crippen LogP contribution >= 0.6 is 11.6 Å². The van der Waals surface area contributed by atoms with Crippen LogP contribution in [0.15, 0.2) is 28.8 Å². The summed E-state index contributed by atoms with van der Waals surface area (Å²) in [4.78, 5) is 22.1. The lowest BCUT2D eigenvalue weighted by atomic mass is 10.0. The molecule has 5 nitrogen and oxygen atoms in total. The molecular weight excluding hydrogens is 398 g/mol. The molecule has 4 rings (SSSR count). The molecule has 2 aliphatic carbocycles. The van der Waals surface area contributed by atoms with Crippen molar-refractivity contribution in [3.8, 4) is 0 Å². The van der Waals surface area contributed by atoms with Gasteiger partial charge in [0.2, 0.25) is 0 Å². The van der Waals surface area contributed by atoms with Gasteiger partial charge in [-0.2, -0.15) is 0 Å². The number of carbonyl (C=O) groups is 1. The number of rotatable bonds is 3. The SMILES string of the molecule is C/C1=C(Cl)\C=C/c2nc(N3CCC(N(C(=O)OC(C)(C)C)C4CC4)C3)ccc2CC1. The van der Waals surface area contributed by atoms with E-state index < -0.39 is 5.60 Å². The minimum absolute atomic E-state index is 0.173. The van der Waals surface area contributed by atoms with Crippen LogP contribution < -0.4 is 4.90 Å². The van der Waals surface area contributed by atoms with Gasteiger partial charge in [0.25, 0.3) is 0 Å². The first-order valence-electron chi connectivity index (χ1n) is 11.0. The monoisotopic (exact) mass is 429 g/mol. The first kappa shape index (κ1) is 21.2. The smallest absolute Gasteiger partial charge is 0.410 e. The Morgan fingerprint density at radius 1 is 1.17 bits per heavy atom. The van der Waals surface area contributed by atoms with Crippen LogP contribution in [0.25, 0.3) is 6.08 Å². The Morgan fingerprint density at radius 2 is 1.93 bits per heavy atom. The minimum atomic E-state index is -0.472. The van der Waals surface area contributed by atoms with Gasteiger partial charge >= 0.3 is 6.09 Å². The molecule has 1 aromatic rings. The Morgan fingerprint density at radius 3 is 2.63 bits per heavy atom. The number of allylic oxidation sites excluding steroid dienone is 3. The molecule has 6 heteroatoms. The number of pyridine rings is 1. The Kier molecular flexibility index (Phi) is 5.84. The molecule has 3 aliphatic rings. The number of aromatic nitrogens is 1. The van der Waals surface area contributed by atoms with E-state index in [1.807, 2.05) is 37.8 Å². The fraction of sp³-hybridized carbons (Fsp3) is 0.583. The van der Waals surface area contributed by atoms with Gasteiger partial charge in [-0.05, 0) is 83.6 Å². The van der Waals surface area contributed by atoms with Gasteiger partial charge < -0.3 is 14.5 Å². The van der Waals surface area contributed by atoms with E-state index >= 15 is 0 Å². The molecule has 0 radical (unpaired) electrons. The summed E-state index contributed by atoms with van der Waals surface area (Å²) in [6, 6.07) is 4.81. The molecule has 2 fully saturated rings. The number of carbonyl (C=O) groups excluding carboxylic acids is 1. The van der Waals surface area contributed by atoms with Gasteiger partial charge in [0.1, 0.15) is 11.4 Å². The van der Waals surface area contributed by atoms with Gasteiger partial charge in [-0.1, -0.05) is 23.2 Å². The average Bonchev–Trinajstić information content (AvgIpc) is 3.38. The number of anilines is 1. The predicted octanol–water partition coefficient (Wildman–Crippen LogP) is 5.53. The Hall–Kier alpha value is -2.01. The van der Waals surface area contributed by atoms with Gasteiger partial charge in [0.15, 0.2) is 0 Å². The fourth-order valence-electron chi connectivity index (χ4n) is 4.20. The van der Waals surface area contributed by atoms with Gasteiger partial charge in [-0.15, -0.1) is 0 Å². The first-order valence-corrected chi connectivity index (χ1v) is 11.4. The Bertz CT molecular complexity index is 883. The van der Waals surface area contributed by atoms with E-state index in [0.717, 1.165) is 61.7 Å². The molecule has 1 aliphatic heterocycles. The van der Waals surface area contributed by atoms with Crippen LogP contribution in [0.5, 0.6) is 0 Å². The van der Waals surface area contributed by atoms with Crippen molar-refractivity contribution in [1.29, 1.82) is 0 Å². The van der Waals surface area contributed by atoms with E-state index in [0.29, 0.717) is 6.04 Å². The fourth-order valence-corrected chi connectivity index (χ4v) is 4.36. The zero-order valence-corrected chi connectivity index (χ0v) is 19.2. The van der Waals surface area contributed by atoms with Gasteiger partial charge in [-0.25, -0.2) is 9.78 Å². The molecule has 1 amide bonds. The summed E-state index contributed by atoms with van der Waals surface area (Å²) in [6.07, 6.45) is 8.79. The summed E-state index contributed by atoms with van der Waals surface area (Å²) < 4.78 is 5.70. The highest BCUT2D eigenvalue weighted by Gasteiger charge is 2.42. The van der Waals surface area contributed by atoms with E-state index in [1.165, 1.54) is 11.1 Å². The van der Waals surface area contributed by atoms with Crippen molar-refractivity contribution in [3.63, 3.8) is 0 Å². The van der Waals surface area contributed by atoms with Crippen molar-refractivity contribution in [2.24, 2.45) is 0 Å². The van der Waals surface area contributed by atoms with Crippen molar-refractivity contribution in [2.45, 2.75) is 77.5 Å². The van der Waals surface area contributed by atoms with Crippen molar-refractivity contribution in [3.05, 3.63) is 40.1 Å². The third-order valence-corrected chi connectivity index (χ3v) is 6.44. The van der Waals surface area contributed by atoms with Crippen molar-refractivity contribution >= 4 is 29.6 Å². The summed E-state index contributed by atoms with van der Waals surface area (Å²) in [5, 5.41) is 0.812. The number of amides is 1. The maximum atomic E-state index is 12.8. The third-order valence-electron chi connectivity index (χ3n) is 5.99. The second kappa shape index (κ2) is 8.26. The summed E-state index contributed by atoms with van der Waals surface area (Å²) in [7, 11) is 0. The van der Waals surface area contributed by atoms with Gasteiger partial charge in [0, 0.05) is 24.2 Å². The van der Waals surface area contributed by atoms with E-state index in [-0.39, 0.29) is 12.1 Å². The Balaban J connectivity index is 1.49. The first-order chi connectivity index (χ1) is 14.2. The molecule has 0 spiro atoms. The van der Waals surface area contributed by atoms with Crippen molar-refractivity contribution in [1.82, 2.24) is 9.88 Å². The zero-order chi connectivity index (χ0) is 21.5. The molecule has 1 unspecified atom stereocenters. The quantitative estimate of drug-likeness (QED) is 0.633. The van der Waals surface area contributed by atoms with E-state index in [4.69, 9.17) is 21.3 Å². The van der Waals surface area contributed by atoms with E-state index in [9.17, 15) is 4.79 Å². The largest absolute Gasteiger partial charge is 0.444 e. The summed E-state index contributed by atoms with van der Waals surface area (Å²) in [5.74, 6) is 0.971. The highest BCUT2D eigenvalue weighted by molar-refractivity contribution is 6.31. The zero-order valence-electron chi connectivity index (χ0n) is 18.4. The van der Waals surface area contributed by atoms with E-state index in [2.05, 4.69) is 24.0 Å². The summed E-state index contributed by atoms with van der Waals surface area (Å²) in [5.41, 5.74) is 2.99. The van der Waals surface area contributed by atoms with E-state index in [1.54, 1.807) is 0 Å². The summed E-state index contributed by atoms with van der Waals surface area (Å²) >= 11 is 6.35. The van der Waals surface area contributed by atoms with Crippen LogP contribution in [-0.2, 0) is 11.2 Å². The second-order valence-corrected chi connectivity index (χ2v) is 10.1. The van der Waals surface area contributed by atoms with Crippen LogP contribution in [0.1, 0.15) is 64.6 Å². The topological polar surface area (TPSA) is 45.7 Å². The molecule has 1 saturated heterocycles. The molecular formula is C24H32ClN3O2. The average molecular weight is 430 g/mol. The molecule has 1 atom stereocenters. The molecule has 2 heterocycles. The predicted molar refractivity (Wildman–Crippen MR) is 122 cm³/mol. The standard InChI is InChI=1S/C24H32ClN3O2/c1-16-5-6-17-7-12-22(26-21(17)11-10-20(16)25)27-14-13-19(15-27)28(18-8-9-18)23(29)30-24(2,3)4/h7,10-12,18-19H,5-6,8-9,13-15H2,1-4H3/b11-10-,20-16-. The van der Waals surface area contributed by atoms with Crippen LogP contribution in [-0.4, -0.2) is 46.8 Å². The maximum absolute atomic E-state index is 12.8. The minimum Gasteiger partial charge on any atom is -0.444 e. The molecule has 0 aromatic carbocycles. The van der Waals surface area contributed by atoms with Crippen LogP contribution in [0.3, 0.4) is 0 Å². The number of ether oxygens (including phenoxy) is 1. The molecule has 30 heavy (non-hydrogen) atoms. The third kappa shape index (κ3) is 4.83. The number of nitrogens with zero attached hydrogens (tertiary/aromatic N) is 3. The number of hydrogen-bond donors (Lipinski definition) is 0. The molecule has 0 N–H and O–H groups in total. The lowest BCUT2D eigenvalue weighted by Gasteiger charge is -2.32. The second-order valence-electron chi connectivity index (χ2n) is 9.68. The highest BCUT2D eigenvalue weighted by atomic mass is 35.5. The summed E-state index contributed by atoms with van der Waals surface area (Å²) in [6.45, 7) is 9.55. The number of fused-ring (bicyclic) bond motifs is 1. The van der Waals surface area contributed by atoms with Crippen molar-refractivity contribution < 1.29 is 9.53 Å². The molecule has 1 saturated carbocycles. The lowest BCUT2D eigenvalue weighted by Crippen LogP contribution is -2.46. The van der Waals surface area contributed by atoms with Gasteiger partial charge in [-0.3, -0.25) is 0 Å². The number of halogens is 1. The van der Waals surface area contributed by atoms with Crippen LogP contribution in [0, 0.1) is 0 Å². The molecule has 162 valence electrons. The molecule has 1 aromatic heterocycles. The van der Waals surface area contributed by atoms with Crippen LogP contribution in [0.2, 0.25) is 0 Å². The van der Waals surface area contributed by atoms with Crippen molar-refractivity contribution in [2.75, 3.05) is 18.0 Å². The highest BCUT2D eigenvalue weighted by Crippen LogP contribution is 2.34. The Labute approximate surface area is 184 Å². The normalized spacial score (nSPS) is 25.4.